The van der Waals surface area contributed by atoms with Gasteiger partial charge in [-0.15, -0.1) is 0 Å². The summed E-state index contributed by atoms with van der Waals surface area (Å²) in [5, 5.41) is 3.27. The molecule has 27 heavy (non-hydrogen) atoms. The van der Waals surface area contributed by atoms with Gasteiger partial charge in [0, 0.05) is 23.7 Å². The lowest BCUT2D eigenvalue weighted by atomic mass is 10.1. The molecule has 6 nitrogen and oxygen atoms in total. The molecule has 1 N–H and O–H groups in total. The van der Waals surface area contributed by atoms with Gasteiger partial charge in [0.2, 0.25) is 0 Å². The Kier molecular flexibility index (Phi) is 4.61. The minimum atomic E-state index is -3.22. The summed E-state index contributed by atoms with van der Waals surface area (Å²) in [6.07, 6.45) is 3.18. The van der Waals surface area contributed by atoms with Gasteiger partial charge in [-0.1, -0.05) is 46.3 Å². The Morgan fingerprint density at radius 3 is 2.48 bits per heavy atom. The van der Waals surface area contributed by atoms with E-state index in [1.54, 1.807) is 24.3 Å². The van der Waals surface area contributed by atoms with Crippen LogP contribution in [-0.2, 0) is 9.84 Å². The molecule has 138 valence electrons. The van der Waals surface area contributed by atoms with Crippen molar-refractivity contribution in [3.05, 3.63) is 66.4 Å². The number of hydrogen-bond donors (Lipinski definition) is 1. The van der Waals surface area contributed by atoms with Crippen molar-refractivity contribution in [3.8, 4) is 0 Å². The zero-order chi connectivity index (χ0) is 19.0. The third-order valence-electron chi connectivity index (χ3n) is 4.26. The number of halogens is 1. The van der Waals surface area contributed by atoms with E-state index in [0.29, 0.717) is 12.4 Å². The van der Waals surface area contributed by atoms with Crippen molar-refractivity contribution in [3.63, 3.8) is 0 Å². The topological polar surface area (TPSA) is 74.1 Å². The number of rotatable bonds is 3. The molecule has 1 atom stereocenters. The molecule has 1 unspecified atom stereocenters. The predicted molar refractivity (Wildman–Crippen MR) is 112 cm³/mol. The van der Waals surface area contributed by atoms with E-state index in [4.69, 9.17) is 4.99 Å². The van der Waals surface area contributed by atoms with Crippen LogP contribution in [-0.4, -0.2) is 42.7 Å². The normalized spacial score (nSPS) is 19.1. The molecule has 2 aromatic carbocycles. The van der Waals surface area contributed by atoms with Gasteiger partial charge >= 0.3 is 0 Å². The number of hydrogen-bond acceptors (Lipinski definition) is 6. The van der Waals surface area contributed by atoms with Gasteiger partial charge in [0.15, 0.2) is 21.5 Å². The molecule has 2 aliphatic heterocycles. The van der Waals surface area contributed by atoms with Gasteiger partial charge in [-0.2, -0.15) is 0 Å². The number of anilines is 1. The van der Waals surface area contributed by atoms with E-state index in [0.717, 1.165) is 22.8 Å². The number of nitrogens with one attached hydrogen (secondary N) is 1. The first-order valence-corrected chi connectivity index (χ1v) is 11.1. The lowest BCUT2D eigenvalue weighted by molar-refractivity contribution is 0.581. The van der Waals surface area contributed by atoms with Crippen LogP contribution in [0.25, 0.3) is 5.70 Å². The Morgan fingerprint density at radius 2 is 1.81 bits per heavy atom. The highest BCUT2D eigenvalue weighted by atomic mass is 79.9. The van der Waals surface area contributed by atoms with Gasteiger partial charge in [-0.05, 0) is 24.3 Å². The Bertz CT molecular complexity index is 1060. The summed E-state index contributed by atoms with van der Waals surface area (Å²) in [4.78, 5) is 11.7. The Hall–Kier alpha value is -2.45. The summed E-state index contributed by atoms with van der Waals surface area (Å²) < 4.78 is 23.3. The highest BCUT2D eigenvalue weighted by Gasteiger charge is 2.31. The number of fused-ring (bicyclic) bond motifs is 1. The first kappa shape index (κ1) is 17.9. The highest BCUT2D eigenvalue weighted by molar-refractivity contribution is 9.09. The van der Waals surface area contributed by atoms with Crippen molar-refractivity contribution >= 4 is 48.8 Å². The molecule has 8 heteroatoms. The maximum atomic E-state index is 11.6. The van der Waals surface area contributed by atoms with Crippen LogP contribution in [0.3, 0.4) is 0 Å². The second kappa shape index (κ2) is 6.94. The van der Waals surface area contributed by atoms with Crippen molar-refractivity contribution in [2.24, 2.45) is 9.98 Å². The summed E-state index contributed by atoms with van der Waals surface area (Å²) in [6.45, 7) is 0.627. The molecule has 2 aromatic rings. The fraction of sp³-hybridized carbons (Fsp3) is 0.158. The largest absolute Gasteiger partial charge is 0.337 e. The lowest BCUT2D eigenvalue weighted by Crippen LogP contribution is -2.39. The van der Waals surface area contributed by atoms with Crippen LogP contribution in [0.15, 0.2) is 75.7 Å². The van der Waals surface area contributed by atoms with Crippen molar-refractivity contribution in [1.29, 1.82) is 0 Å². The molecule has 0 radical (unpaired) electrons. The van der Waals surface area contributed by atoms with Crippen LogP contribution >= 0.6 is 15.9 Å². The maximum Gasteiger partial charge on any atom is 0.175 e. The minimum Gasteiger partial charge on any atom is -0.337 e. The molecule has 0 spiro atoms. The summed E-state index contributed by atoms with van der Waals surface area (Å²) in [5.41, 5.74) is 2.59. The van der Waals surface area contributed by atoms with E-state index in [9.17, 15) is 8.42 Å². The van der Waals surface area contributed by atoms with Gasteiger partial charge in [-0.3, -0.25) is 4.99 Å². The molecule has 2 heterocycles. The predicted octanol–water partition coefficient (Wildman–Crippen LogP) is 3.35. The minimum absolute atomic E-state index is 0.0751. The van der Waals surface area contributed by atoms with Crippen molar-refractivity contribution in [2.75, 3.05) is 18.1 Å². The van der Waals surface area contributed by atoms with E-state index in [-0.39, 0.29) is 9.85 Å². The first-order chi connectivity index (χ1) is 12.9. The smallest absolute Gasteiger partial charge is 0.175 e. The van der Waals surface area contributed by atoms with Gasteiger partial charge in [0.25, 0.3) is 0 Å². The zero-order valence-electron chi connectivity index (χ0n) is 14.5. The van der Waals surface area contributed by atoms with E-state index in [1.165, 1.54) is 6.26 Å². The van der Waals surface area contributed by atoms with Crippen molar-refractivity contribution in [1.82, 2.24) is 4.90 Å². The molecule has 0 aliphatic carbocycles. The summed E-state index contributed by atoms with van der Waals surface area (Å²) in [5.74, 6) is 1.38. The van der Waals surface area contributed by atoms with E-state index >= 15 is 0 Å². The Morgan fingerprint density at radius 1 is 1.11 bits per heavy atom. The van der Waals surface area contributed by atoms with Crippen LogP contribution in [0.2, 0.25) is 0 Å². The fourth-order valence-corrected chi connectivity index (χ4v) is 3.98. The standard InChI is InChI=1S/C19H17BrN4O2S/c1-27(25,26)15-9-7-14(8-10-15)22-18-19-21-11-17(20)24(19)12-16(23-18)13-5-3-2-4-6-13/h2-10,12,17H,11H2,1H3,(H,22,23). The van der Waals surface area contributed by atoms with Crippen molar-refractivity contribution < 1.29 is 8.42 Å². The molecule has 0 bridgehead atoms. The van der Waals surface area contributed by atoms with Crippen LogP contribution in [0.4, 0.5) is 5.69 Å². The molecule has 4 rings (SSSR count). The second-order valence-corrected chi connectivity index (χ2v) is 9.34. The van der Waals surface area contributed by atoms with Crippen LogP contribution in [0, 0.1) is 0 Å². The van der Waals surface area contributed by atoms with Gasteiger partial charge in [0.1, 0.15) is 4.95 Å². The monoisotopic (exact) mass is 444 g/mol. The van der Waals surface area contributed by atoms with Crippen LogP contribution < -0.4 is 5.32 Å². The molecule has 0 saturated carbocycles. The Balaban J connectivity index is 1.68. The van der Waals surface area contributed by atoms with Crippen LogP contribution in [0.5, 0.6) is 0 Å². The van der Waals surface area contributed by atoms with Gasteiger partial charge < -0.3 is 10.2 Å². The number of alkyl halides is 1. The van der Waals surface area contributed by atoms with Crippen molar-refractivity contribution in [2.45, 2.75) is 9.85 Å². The third-order valence-corrected chi connectivity index (χ3v) is 6.12. The summed E-state index contributed by atoms with van der Waals surface area (Å²) in [7, 11) is -3.22. The molecule has 0 aromatic heterocycles. The lowest BCUT2D eigenvalue weighted by Gasteiger charge is -2.26. The number of aliphatic imine (C=N–C) groups is 2. The summed E-state index contributed by atoms with van der Waals surface area (Å²) in [6, 6.07) is 16.5. The second-order valence-electron chi connectivity index (χ2n) is 6.27. The molecule has 0 fully saturated rings. The van der Waals surface area contributed by atoms with Gasteiger partial charge in [0.05, 0.1) is 17.1 Å². The first-order valence-electron chi connectivity index (χ1n) is 8.32. The number of benzene rings is 2. The molecular weight excluding hydrogens is 428 g/mol. The highest BCUT2D eigenvalue weighted by Crippen LogP contribution is 2.28. The van der Waals surface area contributed by atoms with E-state index in [1.807, 2.05) is 41.4 Å². The number of nitrogens with zero attached hydrogens (tertiary/aromatic N) is 3. The Labute approximate surface area is 166 Å². The molecule has 2 aliphatic rings. The molecule has 0 amide bonds. The van der Waals surface area contributed by atoms with Crippen LogP contribution in [0.1, 0.15) is 5.56 Å². The quantitative estimate of drug-likeness (QED) is 0.581. The van der Waals surface area contributed by atoms with E-state index in [2.05, 4.69) is 26.2 Å². The molecule has 0 saturated heterocycles. The number of amidine groups is 2. The fourth-order valence-electron chi connectivity index (χ4n) is 2.89. The average Bonchev–Trinajstić information content (AvgIpc) is 3.03. The zero-order valence-corrected chi connectivity index (χ0v) is 16.9. The SMILES string of the molecule is CS(=O)(=O)c1ccc(NC2=NC(c3ccccc3)=CN3C2=NCC3Br)cc1. The third kappa shape index (κ3) is 3.68. The average molecular weight is 445 g/mol. The van der Waals surface area contributed by atoms with Gasteiger partial charge in [-0.25, -0.2) is 13.4 Å². The van der Waals surface area contributed by atoms with E-state index < -0.39 is 9.84 Å². The molecular formula is C19H17BrN4O2S. The maximum absolute atomic E-state index is 11.6. The number of sulfone groups is 1. The summed E-state index contributed by atoms with van der Waals surface area (Å²) >= 11 is 3.64.